The molecule has 0 atom stereocenters. The number of rotatable bonds is 12. The van der Waals surface area contributed by atoms with Crippen LogP contribution in [0.4, 0.5) is 0 Å². The van der Waals surface area contributed by atoms with E-state index in [0.717, 1.165) is 63.1 Å². The van der Waals surface area contributed by atoms with E-state index in [9.17, 15) is 4.79 Å². The van der Waals surface area contributed by atoms with Crippen LogP contribution in [0.15, 0.2) is 29.3 Å². The van der Waals surface area contributed by atoms with E-state index in [1.807, 2.05) is 31.3 Å². The van der Waals surface area contributed by atoms with E-state index in [4.69, 9.17) is 9.73 Å². The van der Waals surface area contributed by atoms with Crippen LogP contribution in [0.2, 0.25) is 0 Å². The first kappa shape index (κ1) is 22.2. The molecule has 0 heterocycles. The highest BCUT2D eigenvalue weighted by Gasteiger charge is 2.21. The standard InChI is InChI=1S/C22H36N4O2/c1-4-6-13-24-21(27)20-11-9-18(10-12-20)16-25-22(23-5-2)26(3)14-15-28-17-19-7-8-19/h9-12,19H,4-8,13-17H2,1-3H3,(H,23,25)(H,24,27). The van der Waals surface area contributed by atoms with E-state index in [0.29, 0.717) is 12.1 Å². The number of hydrogen-bond donors (Lipinski definition) is 2. The maximum absolute atomic E-state index is 12.1. The molecule has 1 fully saturated rings. The zero-order chi connectivity index (χ0) is 20.2. The summed E-state index contributed by atoms with van der Waals surface area (Å²) in [4.78, 5) is 18.9. The summed E-state index contributed by atoms with van der Waals surface area (Å²) in [5, 5.41) is 6.27. The van der Waals surface area contributed by atoms with Crippen molar-refractivity contribution in [1.82, 2.24) is 15.5 Å². The molecule has 0 bridgehead atoms. The van der Waals surface area contributed by atoms with Crippen molar-refractivity contribution in [2.24, 2.45) is 10.9 Å². The largest absolute Gasteiger partial charge is 0.379 e. The molecule has 1 aliphatic carbocycles. The first-order valence-electron chi connectivity index (χ1n) is 10.6. The van der Waals surface area contributed by atoms with Gasteiger partial charge in [0.1, 0.15) is 0 Å². The van der Waals surface area contributed by atoms with Crippen molar-refractivity contribution in [2.75, 3.05) is 39.9 Å². The van der Waals surface area contributed by atoms with E-state index >= 15 is 0 Å². The lowest BCUT2D eigenvalue weighted by Crippen LogP contribution is -2.40. The molecule has 6 nitrogen and oxygen atoms in total. The maximum atomic E-state index is 12.1. The number of guanidine groups is 1. The molecule has 1 amide bonds. The number of amides is 1. The van der Waals surface area contributed by atoms with Crippen LogP contribution in [-0.4, -0.2) is 56.7 Å². The average molecular weight is 389 g/mol. The molecule has 1 aromatic carbocycles. The Balaban J connectivity index is 1.82. The number of carbonyl (C=O) groups is 1. The third-order valence-electron chi connectivity index (χ3n) is 4.76. The Kier molecular flexibility index (Phi) is 9.83. The van der Waals surface area contributed by atoms with Crippen LogP contribution < -0.4 is 10.6 Å². The molecular formula is C22H36N4O2. The molecule has 2 N–H and O–H groups in total. The van der Waals surface area contributed by atoms with Gasteiger partial charge in [0.2, 0.25) is 0 Å². The smallest absolute Gasteiger partial charge is 0.251 e. The fraction of sp³-hybridized carbons (Fsp3) is 0.636. The van der Waals surface area contributed by atoms with E-state index in [1.165, 1.54) is 12.8 Å². The van der Waals surface area contributed by atoms with Crippen LogP contribution in [0, 0.1) is 5.92 Å². The van der Waals surface area contributed by atoms with Crippen molar-refractivity contribution in [3.63, 3.8) is 0 Å². The first-order chi connectivity index (χ1) is 13.6. The van der Waals surface area contributed by atoms with Crippen molar-refractivity contribution >= 4 is 11.9 Å². The number of likely N-dealkylation sites (N-methyl/N-ethyl adjacent to an activating group) is 1. The number of aliphatic imine (C=N–C) groups is 1. The molecule has 1 aliphatic rings. The third kappa shape index (κ3) is 8.30. The predicted molar refractivity (Wildman–Crippen MR) is 115 cm³/mol. The molecule has 156 valence electrons. The SMILES string of the molecule is CCCCNC(=O)c1ccc(CN=C(NCC)N(C)CCOCC2CC2)cc1. The van der Waals surface area contributed by atoms with Crippen molar-refractivity contribution in [3.8, 4) is 0 Å². The monoisotopic (exact) mass is 388 g/mol. The number of hydrogen-bond acceptors (Lipinski definition) is 3. The molecule has 1 aromatic rings. The van der Waals surface area contributed by atoms with Gasteiger partial charge in [-0.25, -0.2) is 4.99 Å². The van der Waals surface area contributed by atoms with Gasteiger partial charge in [0.15, 0.2) is 5.96 Å². The van der Waals surface area contributed by atoms with Crippen molar-refractivity contribution in [2.45, 2.75) is 46.1 Å². The quantitative estimate of drug-likeness (QED) is 0.328. The molecule has 0 unspecified atom stereocenters. The van der Waals surface area contributed by atoms with E-state index in [-0.39, 0.29) is 5.91 Å². The van der Waals surface area contributed by atoms with Crippen LogP contribution in [-0.2, 0) is 11.3 Å². The number of carbonyl (C=O) groups excluding carboxylic acids is 1. The topological polar surface area (TPSA) is 66.0 Å². The Morgan fingerprint density at radius 1 is 1.21 bits per heavy atom. The molecule has 0 spiro atoms. The van der Waals surface area contributed by atoms with Gasteiger partial charge in [-0.05, 0) is 49.8 Å². The zero-order valence-corrected chi connectivity index (χ0v) is 17.7. The molecule has 6 heteroatoms. The van der Waals surface area contributed by atoms with Crippen LogP contribution in [0.1, 0.15) is 55.5 Å². The first-order valence-corrected chi connectivity index (χ1v) is 10.6. The fourth-order valence-electron chi connectivity index (χ4n) is 2.72. The van der Waals surface area contributed by atoms with E-state index in [1.54, 1.807) is 0 Å². The summed E-state index contributed by atoms with van der Waals surface area (Å²) in [6.07, 6.45) is 4.72. The minimum atomic E-state index is -0.0113. The summed E-state index contributed by atoms with van der Waals surface area (Å²) in [6.45, 7) is 8.73. The number of nitrogens with zero attached hydrogens (tertiary/aromatic N) is 2. The highest BCUT2D eigenvalue weighted by molar-refractivity contribution is 5.94. The van der Waals surface area contributed by atoms with Gasteiger partial charge in [-0.1, -0.05) is 25.5 Å². The van der Waals surface area contributed by atoms with Gasteiger partial charge in [0.25, 0.3) is 5.91 Å². The lowest BCUT2D eigenvalue weighted by molar-refractivity contribution is 0.0953. The second kappa shape index (κ2) is 12.4. The van der Waals surface area contributed by atoms with E-state index in [2.05, 4.69) is 29.4 Å². The summed E-state index contributed by atoms with van der Waals surface area (Å²) in [5.74, 6) is 1.66. The van der Waals surface area contributed by atoms with E-state index < -0.39 is 0 Å². The van der Waals surface area contributed by atoms with Crippen LogP contribution >= 0.6 is 0 Å². The molecule has 0 aromatic heterocycles. The summed E-state index contributed by atoms with van der Waals surface area (Å²) < 4.78 is 5.73. The summed E-state index contributed by atoms with van der Waals surface area (Å²) in [6, 6.07) is 7.68. The molecule has 1 saturated carbocycles. The maximum Gasteiger partial charge on any atom is 0.251 e. The molecular weight excluding hydrogens is 352 g/mol. The lowest BCUT2D eigenvalue weighted by Gasteiger charge is -2.22. The normalized spacial score (nSPS) is 14.0. The van der Waals surface area contributed by atoms with Crippen LogP contribution in [0.5, 0.6) is 0 Å². The van der Waals surface area contributed by atoms with Crippen LogP contribution in [0.25, 0.3) is 0 Å². The second-order valence-electron chi connectivity index (χ2n) is 7.42. The van der Waals surface area contributed by atoms with Gasteiger partial charge in [-0.15, -0.1) is 0 Å². The highest BCUT2D eigenvalue weighted by atomic mass is 16.5. The Bertz CT molecular complexity index is 611. The Hall–Kier alpha value is -2.08. The fourth-order valence-corrected chi connectivity index (χ4v) is 2.72. The molecule has 28 heavy (non-hydrogen) atoms. The molecule has 0 radical (unpaired) electrons. The minimum absolute atomic E-state index is 0.0113. The number of benzene rings is 1. The van der Waals surface area contributed by atoms with Gasteiger partial charge >= 0.3 is 0 Å². The molecule has 0 aliphatic heterocycles. The summed E-state index contributed by atoms with van der Waals surface area (Å²) in [7, 11) is 2.03. The van der Waals surface area contributed by atoms with Gasteiger partial charge in [-0.3, -0.25) is 4.79 Å². The third-order valence-corrected chi connectivity index (χ3v) is 4.76. The number of unbranched alkanes of at least 4 members (excludes halogenated alkanes) is 1. The van der Waals surface area contributed by atoms with Crippen LogP contribution in [0.3, 0.4) is 0 Å². The van der Waals surface area contributed by atoms with Gasteiger partial charge < -0.3 is 20.3 Å². The molecule has 0 saturated heterocycles. The minimum Gasteiger partial charge on any atom is -0.379 e. The van der Waals surface area contributed by atoms with Gasteiger partial charge in [0.05, 0.1) is 13.2 Å². The number of ether oxygens (including phenoxy) is 1. The van der Waals surface area contributed by atoms with Crippen molar-refractivity contribution in [1.29, 1.82) is 0 Å². The average Bonchev–Trinajstić information content (AvgIpc) is 3.53. The lowest BCUT2D eigenvalue weighted by atomic mass is 10.1. The summed E-state index contributed by atoms with van der Waals surface area (Å²) >= 11 is 0. The van der Waals surface area contributed by atoms with Crippen molar-refractivity contribution < 1.29 is 9.53 Å². The Morgan fingerprint density at radius 2 is 1.96 bits per heavy atom. The molecule has 2 rings (SSSR count). The zero-order valence-electron chi connectivity index (χ0n) is 17.7. The second-order valence-corrected chi connectivity index (χ2v) is 7.42. The van der Waals surface area contributed by atoms with Gasteiger partial charge in [0, 0.05) is 38.9 Å². The predicted octanol–water partition coefficient (Wildman–Crippen LogP) is 3.04. The number of nitrogens with one attached hydrogen (secondary N) is 2. The Morgan fingerprint density at radius 3 is 2.61 bits per heavy atom. The highest BCUT2D eigenvalue weighted by Crippen LogP contribution is 2.28. The summed E-state index contributed by atoms with van der Waals surface area (Å²) in [5.41, 5.74) is 1.78. The van der Waals surface area contributed by atoms with Gasteiger partial charge in [-0.2, -0.15) is 0 Å². The Labute approximate surface area is 169 Å². The van der Waals surface area contributed by atoms with Crippen molar-refractivity contribution in [3.05, 3.63) is 35.4 Å².